The maximum atomic E-state index is 4.48. The zero-order chi connectivity index (χ0) is 21.8. The third-order valence-electron chi connectivity index (χ3n) is 5.41. The van der Waals surface area contributed by atoms with Crippen molar-refractivity contribution >= 4 is 38.5 Å². The summed E-state index contributed by atoms with van der Waals surface area (Å²) < 4.78 is 0. The van der Waals surface area contributed by atoms with E-state index in [4.69, 9.17) is 0 Å². The number of nitrogens with zero attached hydrogens (tertiary/aromatic N) is 2. The fourth-order valence-corrected chi connectivity index (χ4v) is 3.78. The largest absolute Gasteiger partial charge is 0.304 e. The first kappa shape index (κ1) is 22.5. The van der Waals surface area contributed by atoms with Gasteiger partial charge in [-0.15, -0.1) is 83.1 Å². The topological polar surface area (TPSA) is 25.8 Å². The number of fused-ring (bicyclic) bond motifs is 4. The standard InChI is InChI=1S/C17H12N.C13H8N.Ir/c1-2-13-7-9-15(10-8-13)17-16-6-4-3-5-14(16)11-12-18-17;1-2-6-12-10(4-1)7-8-11-5-3-9-14-13(11)12;/h2-9,11-12H,1H2;1-5,7-9H;/q2*-1;. The first-order valence-electron chi connectivity index (χ1n) is 10.5. The number of pyridine rings is 2. The van der Waals surface area contributed by atoms with Gasteiger partial charge in [0, 0.05) is 32.5 Å². The molecule has 2 heterocycles. The summed E-state index contributed by atoms with van der Waals surface area (Å²) in [7, 11) is 0. The van der Waals surface area contributed by atoms with Gasteiger partial charge in [0.25, 0.3) is 0 Å². The predicted octanol–water partition coefficient (Wildman–Crippen LogP) is 7.53. The molecule has 4 aromatic carbocycles. The maximum absolute atomic E-state index is 4.48. The molecule has 2 aromatic heterocycles. The molecule has 0 amide bonds. The monoisotopic (exact) mass is 601 g/mol. The summed E-state index contributed by atoms with van der Waals surface area (Å²) in [4.78, 5) is 8.85. The average molecular weight is 601 g/mol. The van der Waals surface area contributed by atoms with Gasteiger partial charge in [0.05, 0.1) is 0 Å². The minimum absolute atomic E-state index is 0. The maximum Gasteiger partial charge on any atom is 0.0167 e. The molecule has 0 unspecified atom stereocenters. The molecule has 0 N–H and O–H groups in total. The van der Waals surface area contributed by atoms with Gasteiger partial charge in [0.15, 0.2) is 0 Å². The molecular formula is C30H20IrN2-2. The zero-order valence-electron chi connectivity index (χ0n) is 17.8. The Morgan fingerprint density at radius 1 is 0.697 bits per heavy atom. The molecule has 0 atom stereocenters. The van der Waals surface area contributed by atoms with Gasteiger partial charge in [-0.05, 0) is 39.5 Å². The van der Waals surface area contributed by atoms with Crippen LogP contribution in [0.5, 0.6) is 0 Å². The Kier molecular flexibility index (Phi) is 7.04. The van der Waals surface area contributed by atoms with E-state index in [2.05, 4.69) is 65.1 Å². The summed E-state index contributed by atoms with van der Waals surface area (Å²) in [5.41, 5.74) is 4.09. The molecule has 0 bridgehead atoms. The van der Waals surface area contributed by atoms with Crippen LogP contribution in [-0.4, -0.2) is 9.97 Å². The van der Waals surface area contributed by atoms with E-state index in [1.54, 1.807) is 0 Å². The molecule has 0 aliphatic heterocycles. The van der Waals surface area contributed by atoms with Crippen LogP contribution in [0.2, 0.25) is 0 Å². The number of hydrogen-bond acceptors (Lipinski definition) is 2. The van der Waals surface area contributed by atoms with Crippen molar-refractivity contribution in [2.45, 2.75) is 0 Å². The second-order valence-electron chi connectivity index (χ2n) is 7.40. The summed E-state index contributed by atoms with van der Waals surface area (Å²) >= 11 is 0. The summed E-state index contributed by atoms with van der Waals surface area (Å²) in [6.45, 7) is 3.75. The van der Waals surface area contributed by atoms with Gasteiger partial charge in [-0.3, -0.25) is 0 Å². The average Bonchev–Trinajstić information content (AvgIpc) is 2.89. The SMILES string of the molecule is C=Cc1c[c-]c(-c2nccc3ccccc23)cc1.[Ir].[c-]1cccc2ccc3cccnc3c12. The zero-order valence-corrected chi connectivity index (χ0v) is 20.2. The van der Waals surface area contributed by atoms with Crippen LogP contribution in [0.1, 0.15) is 5.56 Å². The van der Waals surface area contributed by atoms with Gasteiger partial charge in [0.2, 0.25) is 0 Å². The molecule has 0 aliphatic carbocycles. The first-order valence-corrected chi connectivity index (χ1v) is 10.5. The van der Waals surface area contributed by atoms with E-state index < -0.39 is 0 Å². The van der Waals surface area contributed by atoms with Gasteiger partial charge in [-0.25, -0.2) is 0 Å². The van der Waals surface area contributed by atoms with Crippen LogP contribution in [0.15, 0.2) is 110 Å². The summed E-state index contributed by atoms with van der Waals surface area (Å²) in [6.07, 6.45) is 5.48. The molecule has 33 heavy (non-hydrogen) atoms. The number of hydrogen-bond donors (Lipinski definition) is 0. The van der Waals surface area contributed by atoms with Gasteiger partial charge >= 0.3 is 0 Å². The third kappa shape index (κ3) is 4.75. The van der Waals surface area contributed by atoms with Gasteiger partial charge < -0.3 is 9.97 Å². The fraction of sp³-hybridized carbons (Fsp3) is 0. The molecule has 0 fully saturated rings. The van der Waals surface area contributed by atoms with Crippen molar-refractivity contribution in [1.82, 2.24) is 9.97 Å². The van der Waals surface area contributed by atoms with Crippen LogP contribution in [0, 0.1) is 12.1 Å². The fourth-order valence-electron chi connectivity index (χ4n) is 3.78. The Balaban J connectivity index is 0.000000157. The third-order valence-corrected chi connectivity index (χ3v) is 5.41. The van der Waals surface area contributed by atoms with E-state index in [0.717, 1.165) is 33.1 Å². The van der Waals surface area contributed by atoms with Crippen LogP contribution in [0.3, 0.4) is 0 Å². The van der Waals surface area contributed by atoms with E-state index in [-0.39, 0.29) is 20.1 Å². The summed E-state index contributed by atoms with van der Waals surface area (Å²) in [6, 6.07) is 37.0. The van der Waals surface area contributed by atoms with Gasteiger partial charge in [-0.1, -0.05) is 42.5 Å². The van der Waals surface area contributed by atoms with Crippen molar-refractivity contribution in [2.24, 2.45) is 0 Å². The quantitative estimate of drug-likeness (QED) is 0.152. The molecule has 6 aromatic rings. The molecular weight excluding hydrogens is 581 g/mol. The first-order chi connectivity index (χ1) is 15.8. The molecule has 0 aliphatic rings. The van der Waals surface area contributed by atoms with Crippen LogP contribution >= 0.6 is 0 Å². The van der Waals surface area contributed by atoms with Crippen molar-refractivity contribution < 1.29 is 20.1 Å². The molecule has 3 heteroatoms. The van der Waals surface area contributed by atoms with Crippen molar-refractivity contribution in [2.75, 3.05) is 0 Å². The Morgan fingerprint density at radius 2 is 1.52 bits per heavy atom. The number of rotatable bonds is 2. The van der Waals surface area contributed by atoms with Crippen molar-refractivity contribution in [3.05, 3.63) is 128 Å². The van der Waals surface area contributed by atoms with Gasteiger partial charge in [0.1, 0.15) is 0 Å². The van der Waals surface area contributed by atoms with E-state index >= 15 is 0 Å². The predicted molar refractivity (Wildman–Crippen MR) is 134 cm³/mol. The van der Waals surface area contributed by atoms with Crippen molar-refractivity contribution in [3.63, 3.8) is 0 Å². The number of benzene rings is 4. The van der Waals surface area contributed by atoms with E-state index in [0.29, 0.717) is 0 Å². The Hall–Kier alpha value is -3.65. The Morgan fingerprint density at radius 3 is 2.36 bits per heavy atom. The van der Waals surface area contributed by atoms with Crippen LogP contribution in [0.25, 0.3) is 49.8 Å². The molecule has 0 spiro atoms. The van der Waals surface area contributed by atoms with E-state index in [1.165, 1.54) is 16.2 Å². The van der Waals surface area contributed by atoms with Gasteiger partial charge in [-0.2, -0.15) is 0 Å². The van der Waals surface area contributed by atoms with Crippen molar-refractivity contribution in [3.8, 4) is 11.3 Å². The molecule has 1 radical (unpaired) electrons. The van der Waals surface area contributed by atoms with E-state index in [9.17, 15) is 0 Å². The van der Waals surface area contributed by atoms with Crippen molar-refractivity contribution in [1.29, 1.82) is 0 Å². The van der Waals surface area contributed by atoms with Crippen LogP contribution in [0.4, 0.5) is 0 Å². The normalized spacial score (nSPS) is 10.3. The molecule has 0 saturated heterocycles. The number of aromatic nitrogens is 2. The Bertz CT molecular complexity index is 1480. The van der Waals surface area contributed by atoms with Crippen LogP contribution in [-0.2, 0) is 20.1 Å². The molecule has 6 rings (SSSR count). The Labute approximate surface area is 207 Å². The van der Waals surface area contributed by atoms with E-state index in [1.807, 2.05) is 73.1 Å². The minimum atomic E-state index is 0. The summed E-state index contributed by atoms with van der Waals surface area (Å²) in [5.74, 6) is 0. The summed E-state index contributed by atoms with van der Waals surface area (Å²) in [5, 5.41) is 5.82. The molecule has 161 valence electrons. The molecule has 0 saturated carbocycles. The minimum Gasteiger partial charge on any atom is -0.304 e. The molecule has 2 nitrogen and oxygen atoms in total. The van der Waals surface area contributed by atoms with Crippen LogP contribution < -0.4 is 0 Å². The smallest absolute Gasteiger partial charge is 0.0167 e. The second kappa shape index (κ2) is 10.3. The second-order valence-corrected chi connectivity index (χ2v) is 7.40.